The molecule has 0 saturated heterocycles. The van der Waals surface area contributed by atoms with Gasteiger partial charge < -0.3 is 10.6 Å². The number of benzene rings is 1. The molecule has 3 rings (SSSR count). The van der Waals surface area contributed by atoms with E-state index in [0.29, 0.717) is 6.42 Å². The summed E-state index contributed by atoms with van der Waals surface area (Å²) in [4.78, 5) is 16.0. The number of thiazole rings is 1. The number of amides is 1. The number of unbranched alkanes of at least 4 members (excludes halogenated alkanes) is 1. The lowest BCUT2D eigenvalue weighted by Crippen LogP contribution is -2.03. The Kier molecular flexibility index (Phi) is 3.69. The molecular weight excluding hydrogens is 270 g/mol. The summed E-state index contributed by atoms with van der Waals surface area (Å²) in [5.74, 6) is 0.0670. The molecule has 4 nitrogen and oxygen atoms in total. The molecule has 104 valence electrons. The Morgan fingerprint density at radius 2 is 2.35 bits per heavy atom. The largest absolute Gasteiger partial charge is 0.362 e. The molecule has 2 N–H and O–H groups in total. The van der Waals surface area contributed by atoms with Crippen molar-refractivity contribution in [3.05, 3.63) is 29.1 Å². The number of fused-ring (bicyclic) bond motifs is 1. The van der Waals surface area contributed by atoms with E-state index in [1.807, 2.05) is 12.1 Å². The molecule has 5 heteroatoms. The van der Waals surface area contributed by atoms with Crippen LogP contribution in [0.5, 0.6) is 0 Å². The number of nitrogens with one attached hydrogen (secondary N) is 2. The fourth-order valence-corrected chi connectivity index (χ4v) is 3.00. The molecule has 0 fully saturated rings. The molecule has 20 heavy (non-hydrogen) atoms. The van der Waals surface area contributed by atoms with Gasteiger partial charge in [-0.1, -0.05) is 19.4 Å². The van der Waals surface area contributed by atoms with Crippen LogP contribution in [0.4, 0.5) is 10.8 Å². The highest BCUT2D eigenvalue weighted by Crippen LogP contribution is 2.30. The van der Waals surface area contributed by atoms with Gasteiger partial charge in [0.2, 0.25) is 5.91 Å². The van der Waals surface area contributed by atoms with Crippen LogP contribution in [-0.2, 0) is 11.2 Å². The third-order valence-corrected chi connectivity index (χ3v) is 4.14. The van der Waals surface area contributed by atoms with E-state index in [0.717, 1.165) is 40.6 Å². The zero-order chi connectivity index (χ0) is 13.9. The highest BCUT2D eigenvalue weighted by atomic mass is 32.1. The van der Waals surface area contributed by atoms with Crippen LogP contribution in [0, 0.1) is 0 Å². The van der Waals surface area contributed by atoms with Crippen LogP contribution in [0.25, 0.3) is 11.3 Å². The van der Waals surface area contributed by atoms with Gasteiger partial charge in [0, 0.05) is 23.2 Å². The fraction of sp³-hybridized carbons (Fsp3) is 0.333. The summed E-state index contributed by atoms with van der Waals surface area (Å²) >= 11 is 1.62. The molecule has 1 aromatic heterocycles. The molecule has 0 unspecified atom stereocenters. The predicted octanol–water partition coefficient (Wildman–Crippen LogP) is 3.52. The SMILES string of the molecule is CCCCNc1nc(-c2ccc3c(c2)CC(=O)N3)cs1. The van der Waals surface area contributed by atoms with Gasteiger partial charge in [0.1, 0.15) is 0 Å². The van der Waals surface area contributed by atoms with Crippen LogP contribution in [0.3, 0.4) is 0 Å². The van der Waals surface area contributed by atoms with Crippen molar-refractivity contribution in [2.75, 3.05) is 17.2 Å². The topological polar surface area (TPSA) is 54.0 Å². The van der Waals surface area contributed by atoms with E-state index in [4.69, 9.17) is 0 Å². The summed E-state index contributed by atoms with van der Waals surface area (Å²) in [6.07, 6.45) is 2.80. The standard InChI is InChI=1S/C15H17N3OS/c1-2-3-6-16-15-18-13(9-20-15)10-4-5-12-11(7-10)8-14(19)17-12/h4-5,7,9H,2-3,6,8H2,1H3,(H,16,18)(H,17,19). The van der Waals surface area contributed by atoms with Crippen LogP contribution in [0.15, 0.2) is 23.6 Å². The van der Waals surface area contributed by atoms with Gasteiger partial charge in [0.25, 0.3) is 0 Å². The first-order valence-electron chi connectivity index (χ1n) is 6.89. The summed E-state index contributed by atoms with van der Waals surface area (Å²) in [5.41, 5.74) is 4.02. The molecule has 2 aromatic rings. The second-order valence-electron chi connectivity index (χ2n) is 4.92. The minimum atomic E-state index is 0.0670. The maximum atomic E-state index is 11.4. The van der Waals surface area contributed by atoms with Crippen molar-refractivity contribution in [2.45, 2.75) is 26.2 Å². The summed E-state index contributed by atoms with van der Waals surface area (Å²) in [7, 11) is 0. The van der Waals surface area contributed by atoms with Gasteiger partial charge in [-0.2, -0.15) is 0 Å². The van der Waals surface area contributed by atoms with Gasteiger partial charge in [-0.15, -0.1) is 11.3 Å². The van der Waals surface area contributed by atoms with Crippen molar-refractivity contribution in [3.8, 4) is 11.3 Å². The zero-order valence-electron chi connectivity index (χ0n) is 11.4. The molecule has 1 amide bonds. The number of rotatable bonds is 5. The molecule has 0 radical (unpaired) electrons. The molecule has 1 aliphatic rings. The third-order valence-electron chi connectivity index (χ3n) is 3.34. The summed E-state index contributed by atoms with van der Waals surface area (Å²) in [6, 6.07) is 6.02. The van der Waals surface area contributed by atoms with Gasteiger partial charge in [0.05, 0.1) is 12.1 Å². The lowest BCUT2D eigenvalue weighted by molar-refractivity contribution is -0.115. The highest BCUT2D eigenvalue weighted by Gasteiger charge is 2.18. The second-order valence-corrected chi connectivity index (χ2v) is 5.77. The minimum Gasteiger partial charge on any atom is -0.362 e. The smallest absolute Gasteiger partial charge is 0.228 e. The van der Waals surface area contributed by atoms with Crippen LogP contribution in [0.2, 0.25) is 0 Å². The van der Waals surface area contributed by atoms with Gasteiger partial charge in [0.15, 0.2) is 5.13 Å². The maximum Gasteiger partial charge on any atom is 0.228 e. The monoisotopic (exact) mass is 287 g/mol. The van der Waals surface area contributed by atoms with Crippen LogP contribution in [-0.4, -0.2) is 17.4 Å². The summed E-state index contributed by atoms with van der Waals surface area (Å²) < 4.78 is 0. The van der Waals surface area contributed by atoms with Gasteiger partial charge in [-0.05, 0) is 24.1 Å². The van der Waals surface area contributed by atoms with Crippen LogP contribution < -0.4 is 10.6 Å². The lowest BCUT2D eigenvalue weighted by atomic mass is 10.1. The Balaban J connectivity index is 1.76. The highest BCUT2D eigenvalue weighted by molar-refractivity contribution is 7.14. The Bertz CT molecular complexity index is 636. The predicted molar refractivity (Wildman–Crippen MR) is 83.3 cm³/mol. The van der Waals surface area contributed by atoms with Crippen molar-refractivity contribution in [2.24, 2.45) is 0 Å². The summed E-state index contributed by atoms with van der Waals surface area (Å²) in [6.45, 7) is 3.14. The molecule has 1 aromatic carbocycles. The molecule has 2 heterocycles. The lowest BCUT2D eigenvalue weighted by Gasteiger charge is -2.02. The zero-order valence-corrected chi connectivity index (χ0v) is 12.2. The third kappa shape index (κ3) is 2.67. The Hall–Kier alpha value is -1.88. The van der Waals surface area contributed by atoms with E-state index in [1.165, 1.54) is 6.42 Å². The van der Waals surface area contributed by atoms with E-state index in [2.05, 4.69) is 34.0 Å². The number of aromatic nitrogens is 1. The average molecular weight is 287 g/mol. The molecular formula is C15H17N3OS. The van der Waals surface area contributed by atoms with E-state index < -0.39 is 0 Å². The quantitative estimate of drug-likeness (QED) is 0.827. The maximum absolute atomic E-state index is 11.4. The van der Waals surface area contributed by atoms with Crippen molar-refractivity contribution in [1.29, 1.82) is 0 Å². The van der Waals surface area contributed by atoms with Crippen molar-refractivity contribution < 1.29 is 4.79 Å². The first kappa shape index (κ1) is 13.1. The molecule has 0 atom stereocenters. The molecule has 0 aliphatic carbocycles. The van der Waals surface area contributed by atoms with E-state index in [9.17, 15) is 4.79 Å². The van der Waals surface area contributed by atoms with Gasteiger partial charge in [-0.3, -0.25) is 4.79 Å². The Labute approximate surface area is 122 Å². The minimum absolute atomic E-state index is 0.0670. The van der Waals surface area contributed by atoms with Crippen molar-refractivity contribution in [1.82, 2.24) is 4.98 Å². The first-order chi connectivity index (χ1) is 9.76. The first-order valence-corrected chi connectivity index (χ1v) is 7.77. The number of carbonyl (C=O) groups is 1. The molecule has 0 bridgehead atoms. The van der Waals surface area contributed by atoms with E-state index in [1.54, 1.807) is 11.3 Å². The number of hydrogen-bond donors (Lipinski definition) is 2. The number of carbonyl (C=O) groups excluding carboxylic acids is 1. The van der Waals surface area contributed by atoms with E-state index in [-0.39, 0.29) is 5.91 Å². The van der Waals surface area contributed by atoms with Gasteiger partial charge in [-0.25, -0.2) is 4.98 Å². The fourth-order valence-electron chi connectivity index (χ4n) is 2.25. The summed E-state index contributed by atoms with van der Waals surface area (Å²) in [5, 5.41) is 9.20. The van der Waals surface area contributed by atoms with E-state index >= 15 is 0 Å². The molecule has 0 spiro atoms. The second kappa shape index (κ2) is 5.63. The van der Waals surface area contributed by atoms with Crippen molar-refractivity contribution >= 4 is 28.1 Å². The van der Waals surface area contributed by atoms with Gasteiger partial charge >= 0.3 is 0 Å². The van der Waals surface area contributed by atoms with Crippen molar-refractivity contribution in [3.63, 3.8) is 0 Å². The van der Waals surface area contributed by atoms with Crippen LogP contribution >= 0.6 is 11.3 Å². The molecule has 0 saturated carbocycles. The van der Waals surface area contributed by atoms with Crippen LogP contribution in [0.1, 0.15) is 25.3 Å². The number of hydrogen-bond acceptors (Lipinski definition) is 4. The number of anilines is 2. The number of nitrogens with zero attached hydrogens (tertiary/aromatic N) is 1. The Morgan fingerprint density at radius 1 is 1.45 bits per heavy atom. The molecule has 1 aliphatic heterocycles. The Morgan fingerprint density at radius 3 is 3.20 bits per heavy atom. The average Bonchev–Trinajstić information content (AvgIpc) is 3.03. The normalized spacial score (nSPS) is 13.2.